The fraction of sp³-hybridized carbons (Fsp3) is 0.286. The van der Waals surface area contributed by atoms with Crippen molar-refractivity contribution in [3.63, 3.8) is 0 Å². The van der Waals surface area contributed by atoms with E-state index in [9.17, 15) is 5.11 Å². The van der Waals surface area contributed by atoms with Gasteiger partial charge in [0, 0.05) is 11.0 Å². The molecule has 2 rings (SSSR count). The van der Waals surface area contributed by atoms with Gasteiger partial charge in [-0.2, -0.15) is 0 Å². The van der Waals surface area contributed by atoms with E-state index in [1.54, 1.807) is 0 Å². The van der Waals surface area contributed by atoms with Crippen molar-refractivity contribution in [2.24, 2.45) is 0 Å². The molecule has 0 saturated heterocycles. The SMILES string of the molecule is CC[C@@H](PCl)c1c(C)cc(O)c2ccccc12. The second-order valence-electron chi connectivity index (χ2n) is 4.24. The summed E-state index contributed by atoms with van der Waals surface area (Å²) in [6.07, 6.45) is 1.03. The number of aromatic hydroxyl groups is 1. The molecule has 2 aromatic rings. The highest BCUT2D eigenvalue weighted by Crippen LogP contribution is 2.46. The van der Waals surface area contributed by atoms with Gasteiger partial charge in [-0.1, -0.05) is 42.4 Å². The molecule has 0 aromatic heterocycles. The molecule has 0 heterocycles. The van der Waals surface area contributed by atoms with Crippen LogP contribution in [-0.4, -0.2) is 5.11 Å². The first-order chi connectivity index (χ1) is 8.19. The predicted octanol–water partition coefficient (Wildman–Crippen LogP) is 5.14. The van der Waals surface area contributed by atoms with Crippen LogP contribution in [0.1, 0.15) is 30.1 Å². The third-order valence-corrected chi connectivity index (χ3v) is 4.91. The van der Waals surface area contributed by atoms with Crippen molar-refractivity contribution in [2.45, 2.75) is 25.9 Å². The van der Waals surface area contributed by atoms with Crippen molar-refractivity contribution in [3.8, 4) is 5.75 Å². The number of benzene rings is 2. The lowest BCUT2D eigenvalue weighted by Gasteiger charge is -2.18. The summed E-state index contributed by atoms with van der Waals surface area (Å²) in [5.41, 5.74) is 2.79. The summed E-state index contributed by atoms with van der Waals surface area (Å²) in [5.74, 6) is 0.356. The van der Waals surface area contributed by atoms with Gasteiger partial charge in [-0.05, 0) is 43.9 Å². The number of fused-ring (bicyclic) bond motifs is 1. The number of phenols is 1. The Labute approximate surface area is 108 Å². The molecule has 3 heteroatoms. The Morgan fingerprint density at radius 2 is 1.94 bits per heavy atom. The van der Waals surface area contributed by atoms with Crippen LogP contribution < -0.4 is 0 Å². The third kappa shape index (κ3) is 2.27. The summed E-state index contributed by atoms with van der Waals surface area (Å²) in [4.78, 5) is 0. The Morgan fingerprint density at radius 3 is 2.53 bits per heavy atom. The maximum atomic E-state index is 9.97. The van der Waals surface area contributed by atoms with Crippen LogP contribution in [0.3, 0.4) is 0 Å². The van der Waals surface area contributed by atoms with Gasteiger partial charge in [0.15, 0.2) is 0 Å². The minimum atomic E-state index is 0.356. The summed E-state index contributed by atoms with van der Waals surface area (Å²) in [6.45, 7) is 4.20. The van der Waals surface area contributed by atoms with Crippen LogP contribution in [0.15, 0.2) is 30.3 Å². The molecular weight excluding hydrogens is 251 g/mol. The largest absolute Gasteiger partial charge is 0.507 e. The smallest absolute Gasteiger partial charge is 0.123 e. The predicted molar refractivity (Wildman–Crippen MR) is 77.5 cm³/mol. The molecule has 0 saturated carbocycles. The molecule has 0 spiro atoms. The Hall–Kier alpha value is -0.780. The van der Waals surface area contributed by atoms with E-state index in [1.165, 1.54) is 5.56 Å². The standard InChI is InChI=1S/C14H16ClOP/c1-3-13(17-15)14-9(2)8-12(16)10-6-4-5-7-11(10)14/h4-8,13,16-17H,3H2,1-2H3/t13-/m1/s1. The Kier molecular flexibility index (Phi) is 3.91. The first-order valence-corrected chi connectivity index (χ1v) is 7.85. The first-order valence-electron chi connectivity index (χ1n) is 5.76. The number of phenolic OH excluding ortho intramolecular Hbond substituents is 1. The van der Waals surface area contributed by atoms with Gasteiger partial charge in [0.1, 0.15) is 5.75 Å². The van der Waals surface area contributed by atoms with Crippen molar-refractivity contribution in [3.05, 3.63) is 41.5 Å². The molecule has 0 aliphatic carbocycles. The van der Waals surface area contributed by atoms with E-state index in [4.69, 9.17) is 11.2 Å². The van der Waals surface area contributed by atoms with Gasteiger partial charge < -0.3 is 5.11 Å². The minimum absolute atomic E-state index is 0.356. The highest BCUT2D eigenvalue weighted by atomic mass is 35.7. The van der Waals surface area contributed by atoms with Crippen LogP contribution in [0.2, 0.25) is 0 Å². The molecule has 1 N–H and O–H groups in total. The number of hydrogen-bond acceptors (Lipinski definition) is 1. The zero-order valence-corrected chi connectivity index (χ0v) is 11.8. The highest BCUT2D eigenvalue weighted by Gasteiger charge is 2.16. The number of hydrogen-bond donors (Lipinski definition) is 1. The maximum Gasteiger partial charge on any atom is 0.123 e. The summed E-state index contributed by atoms with van der Waals surface area (Å²) < 4.78 is 0. The van der Waals surface area contributed by atoms with E-state index in [0.717, 1.165) is 22.8 Å². The lowest BCUT2D eigenvalue weighted by molar-refractivity contribution is 0.481. The summed E-state index contributed by atoms with van der Waals surface area (Å²) >= 11 is 6.08. The molecule has 0 aliphatic heterocycles. The van der Waals surface area contributed by atoms with Gasteiger partial charge in [-0.15, -0.1) is 0 Å². The topological polar surface area (TPSA) is 20.2 Å². The second kappa shape index (κ2) is 5.25. The fourth-order valence-corrected chi connectivity index (χ4v) is 3.75. The molecule has 0 fully saturated rings. The van der Waals surface area contributed by atoms with E-state index in [1.807, 2.05) is 31.2 Å². The van der Waals surface area contributed by atoms with Crippen molar-refractivity contribution in [1.29, 1.82) is 0 Å². The average molecular weight is 267 g/mol. The molecular formula is C14H16ClOP. The molecule has 0 aliphatic rings. The summed E-state index contributed by atoms with van der Waals surface area (Å²) in [5, 5.41) is 12.0. The molecule has 0 amide bonds. The van der Waals surface area contributed by atoms with Crippen LogP contribution in [0, 0.1) is 6.92 Å². The van der Waals surface area contributed by atoms with Gasteiger partial charge in [0.05, 0.1) is 0 Å². The Balaban J connectivity index is 2.77. The van der Waals surface area contributed by atoms with Crippen LogP contribution >= 0.6 is 19.2 Å². The fourth-order valence-electron chi connectivity index (χ4n) is 2.31. The number of rotatable bonds is 3. The number of aryl methyl sites for hydroxylation is 1. The van der Waals surface area contributed by atoms with Crippen LogP contribution in [-0.2, 0) is 0 Å². The molecule has 1 unspecified atom stereocenters. The normalized spacial score (nSPS) is 13.6. The van der Waals surface area contributed by atoms with E-state index < -0.39 is 0 Å². The van der Waals surface area contributed by atoms with E-state index in [2.05, 4.69) is 13.0 Å². The average Bonchev–Trinajstić information content (AvgIpc) is 2.34. The quantitative estimate of drug-likeness (QED) is 0.763. The summed E-state index contributed by atoms with van der Waals surface area (Å²) in [6, 6.07) is 9.83. The first kappa shape index (κ1) is 12.7. The van der Waals surface area contributed by atoms with Crippen molar-refractivity contribution < 1.29 is 5.11 Å². The molecule has 2 atom stereocenters. The lowest BCUT2D eigenvalue weighted by Crippen LogP contribution is -1.95. The molecule has 90 valence electrons. The Morgan fingerprint density at radius 1 is 1.29 bits per heavy atom. The van der Waals surface area contributed by atoms with Gasteiger partial charge in [0.25, 0.3) is 0 Å². The maximum absolute atomic E-state index is 9.97. The zero-order chi connectivity index (χ0) is 12.4. The monoisotopic (exact) mass is 266 g/mol. The van der Waals surface area contributed by atoms with Gasteiger partial charge in [0.2, 0.25) is 0 Å². The second-order valence-corrected chi connectivity index (χ2v) is 5.81. The van der Waals surface area contributed by atoms with Crippen molar-refractivity contribution >= 4 is 29.9 Å². The van der Waals surface area contributed by atoms with E-state index in [-0.39, 0.29) is 0 Å². The van der Waals surface area contributed by atoms with E-state index in [0.29, 0.717) is 19.3 Å². The van der Waals surface area contributed by atoms with Crippen molar-refractivity contribution in [2.75, 3.05) is 0 Å². The molecule has 0 bridgehead atoms. The minimum Gasteiger partial charge on any atom is -0.507 e. The van der Waals surface area contributed by atoms with Crippen LogP contribution in [0.25, 0.3) is 10.8 Å². The molecule has 1 nitrogen and oxygen atoms in total. The van der Waals surface area contributed by atoms with Crippen LogP contribution in [0.4, 0.5) is 0 Å². The molecule has 2 aromatic carbocycles. The van der Waals surface area contributed by atoms with E-state index >= 15 is 0 Å². The molecule has 17 heavy (non-hydrogen) atoms. The van der Waals surface area contributed by atoms with Gasteiger partial charge >= 0.3 is 0 Å². The van der Waals surface area contributed by atoms with Gasteiger partial charge in [-0.25, -0.2) is 0 Å². The van der Waals surface area contributed by atoms with Crippen molar-refractivity contribution in [1.82, 2.24) is 0 Å². The lowest BCUT2D eigenvalue weighted by atomic mass is 9.95. The number of halogens is 1. The Bertz CT molecular complexity index is 535. The third-order valence-electron chi connectivity index (χ3n) is 3.16. The van der Waals surface area contributed by atoms with Gasteiger partial charge in [-0.3, -0.25) is 0 Å². The van der Waals surface area contributed by atoms with Crippen LogP contribution in [0.5, 0.6) is 5.75 Å². The highest BCUT2D eigenvalue weighted by molar-refractivity contribution is 7.68. The zero-order valence-electron chi connectivity index (χ0n) is 10.00. The summed E-state index contributed by atoms with van der Waals surface area (Å²) in [7, 11) is 0.373. The molecule has 0 radical (unpaired) electrons.